The Hall–Kier alpha value is -0.990. The highest BCUT2D eigenvalue weighted by atomic mass is 32.2. The van der Waals surface area contributed by atoms with Crippen molar-refractivity contribution < 1.29 is 16.8 Å². The Labute approximate surface area is 94.5 Å². The Balaban J connectivity index is 3.01. The lowest BCUT2D eigenvalue weighted by Crippen LogP contribution is -2.23. The summed E-state index contributed by atoms with van der Waals surface area (Å²) in [5.41, 5.74) is 0.483. The van der Waals surface area contributed by atoms with E-state index in [1.807, 2.05) is 0 Å². The van der Waals surface area contributed by atoms with E-state index in [0.29, 0.717) is 5.56 Å². The highest BCUT2D eigenvalue weighted by Gasteiger charge is 2.19. The Bertz CT molecular complexity index is 578. The van der Waals surface area contributed by atoms with Crippen LogP contribution < -0.4 is 5.14 Å². The van der Waals surface area contributed by atoms with Gasteiger partial charge < -0.3 is 0 Å². The summed E-state index contributed by atoms with van der Waals surface area (Å²) in [5.74, 6) is -1.10. The molecule has 1 heterocycles. The molecule has 0 spiro atoms. The number of nitrogens with zero attached hydrogens (tertiary/aromatic N) is 1. The zero-order valence-corrected chi connectivity index (χ0v) is 10.3. The first-order valence-electron chi connectivity index (χ1n) is 4.36. The van der Waals surface area contributed by atoms with Crippen molar-refractivity contribution in [3.63, 3.8) is 0 Å². The summed E-state index contributed by atoms with van der Waals surface area (Å²) in [4.78, 5) is 3.85. The SMILES string of the molecule is Cc1cnccc1S(=O)(=O)CCS(N)(=O)=O. The van der Waals surface area contributed by atoms with E-state index in [2.05, 4.69) is 4.98 Å². The molecule has 0 aliphatic rings. The number of hydrogen-bond donors (Lipinski definition) is 1. The van der Waals surface area contributed by atoms with E-state index in [0.717, 1.165) is 0 Å². The fourth-order valence-electron chi connectivity index (χ4n) is 1.15. The van der Waals surface area contributed by atoms with E-state index in [-0.39, 0.29) is 4.90 Å². The molecule has 0 bridgehead atoms. The van der Waals surface area contributed by atoms with Crippen molar-refractivity contribution in [2.75, 3.05) is 11.5 Å². The Morgan fingerprint density at radius 1 is 1.25 bits per heavy atom. The Morgan fingerprint density at radius 3 is 2.38 bits per heavy atom. The second-order valence-electron chi connectivity index (χ2n) is 3.33. The zero-order chi connectivity index (χ0) is 12.4. The van der Waals surface area contributed by atoms with E-state index < -0.39 is 31.4 Å². The second-order valence-corrected chi connectivity index (χ2v) is 7.14. The minimum absolute atomic E-state index is 0.0890. The quantitative estimate of drug-likeness (QED) is 0.785. The van der Waals surface area contributed by atoms with Crippen LogP contribution in [0.2, 0.25) is 0 Å². The third kappa shape index (κ3) is 3.54. The van der Waals surface area contributed by atoms with E-state index in [4.69, 9.17) is 5.14 Å². The highest BCUT2D eigenvalue weighted by molar-refractivity contribution is 7.94. The molecule has 90 valence electrons. The number of nitrogens with two attached hydrogens (primary N) is 1. The van der Waals surface area contributed by atoms with Crippen molar-refractivity contribution in [3.8, 4) is 0 Å². The predicted octanol–water partition coefficient (Wildman–Crippen LogP) is -0.548. The molecular formula is C8H12N2O4S2. The first kappa shape index (κ1) is 13.1. The molecule has 1 aromatic heterocycles. The average Bonchev–Trinajstić information content (AvgIpc) is 2.14. The number of rotatable bonds is 4. The van der Waals surface area contributed by atoms with Crippen LogP contribution in [0.1, 0.15) is 5.56 Å². The topological polar surface area (TPSA) is 107 Å². The van der Waals surface area contributed by atoms with Crippen LogP contribution in [0.5, 0.6) is 0 Å². The number of pyridine rings is 1. The fraction of sp³-hybridized carbons (Fsp3) is 0.375. The van der Waals surface area contributed by atoms with Gasteiger partial charge in [-0.05, 0) is 18.6 Å². The maximum atomic E-state index is 11.8. The third-order valence-corrected chi connectivity index (χ3v) is 4.84. The van der Waals surface area contributed by atoms with Gasteiger partial charge in [-0.1, -0.05) is 0 Å². The third-order valence-electron chi connectivity index (χ3n) is 1.94. The van der Waals surface area contributed by atoms with E-state index >= 15 is 0 Å². The van der Waals surface area contributed by atoms with Crippen LogP contribution in [0.3, 0.4) is 0 Å². The normalized spacial score (nSPS) is 12.6. The van der Waals surface area contributed by atoms with Crippen LogP contribution in [-0.4, -0.2) is 33.3 Å². The van der Waals surface area contributed by atoms with Gasteiger partial charge in [0.15, 0.2) is 9.84 Å². The maximum absolute atomic E-state index is 11.8. The molecule has 1 rings (SSSR count). The first-order valence-corrected chi connectivity index (χ1v) is 7.73. The summed E-state index contributed by atoms with van der Waals surface area (Å²) in [6.45, 7) is 1.59. The Morgan fingerprint density at radius 2 is 1.88 bits per heavy atom. The van der Waals surface area contributed by atoms with Gasteiger partial charge in [0, 0.05) is 12.4 Å². The monoisotopic (exact) mass is 264 g/mol. The molecule has 0 aliphatic heterocycles. The summed E-state index contributed by atoms with van der Waals surface area (Å²) in [6.07, 6.45) is 2.75. The van der Waals surface area contributed by atoms with Crippen LogP contribution in [0, 0.1) is 6.92 Å². The number of primary sulfonamides is 1. The molecule has 0 amide bonds. The number of sulfone groups is 1. The van der Waals surface area contributed by atoms with Crippen molar-refractivity contribution in [3.05, 3.63) is 24.0 Å². The molecule has 0 radical (unpaired) electrons. The molecule has 1 aromatic rings. The maximum Gasteiger partial charge on any atom is 0.210 e. The number of aryl methyl sites for hydroxylation is 1. The van der Waals surface area contributed by atoms with E-state index in [1.54, 1.807) is 6.92 Å². The molecule has 0 fully saturated rings. The van der Waals surface area contributed by atoms with Crippen LogP contribution in [0.25, 0.3) is 0 Å². The molecule has 16 heavy (non-hydrogen) atoms. The van der Waals surface area contributed by atoms with Gasteiger partial charge >= 0.3 is 0 Å². The van der Waals surface area contributed by atoms with E-state index in [1.165, 1.54) is 18.5 Å². The van der Waals surface area contributed by atoms with Crippen LogP contribution in [0.15, 0.2) is 23.4 Å². The predicted molar refractivity (Wildman–Crippen MR) is 59.0 cm³/mol. The molecular weight excluding hydrogens is 252 g/mol. The fourth-order valence-corrected chi connectivity index (χ4v) is 3.98. The minimum atomic E-state index is -3.77. The molecule has 0 saturated heterocycles. The molecule has 2 N–H and O–H groups in total. The molecule has 0 unspecified atom stereocenters. The first-order chi connectivity index (χ1) is 7.22. The van der Waals surface area contributed by atoms with Gasteiger partial charge in [0.1, 0.15) is 0 Å². The summed E-state index contributed by atoms with van der Waals surface area (Å²) in [5, 5.41) is 4.75. The lowest BCUT2D eigenvalue weighted by Gasteiger charge is -2.05. The second kappa shape index (κ2) is 4.48. The van der Waals surface area contributed by atoms with Crippen LogP contribution in [-0.2, 0) is 19.9 Å². The van der Waals surface area contributed by atoms with Gasteiger partial charge in [0.05, 0.1) is 16.4 Å². The zero-order valence-electron chi connectivity index (χ0n) is 8.62. The van der Waals surface area contributed by atoms with Gasteiger partial charge in [-0.25, -0.2) is 22.0 Å². The molecule has 8 heteroatoms. The van der Waals surface area contributed by atoms with Crippen molar-refractivity contribution in [1.82, 2.24) is 4.98 Å². The number of sulfonamides is 1. The van der Waals surface area contributed by atoms with Gasteiger partial charge in [-0.15, -0.1) is 0 Å². The van der Waals surface area contributed by atoms with Gasteiger partial charge in [-0.2, -0.15) is 0 Å². The van der Waals surface area contributed by atoms with Crippen molar-refractivity contribution in [1.29, 1.82) is 0 Å². The highest BCUT2D eigenvalue weighted by Crippen LogP contribution is 2.14. The molecule has 0 aliphatic carbocycles. The largest absolute Gasteiger partial charge is 0.264 e. The van der Waals surface area contributed by atoms with Crippen LogP contribution in [0.4, 0.5) is 0 Å². The van der Waals surface area contributed by atoms with Crippen molar-refractivity contribution in [2.45, 2.75) is 11.8 Å². The Kier molecular flexibility index (Phi) is 3.66. The van der Waals surface area contributed by atoms with Crippen molar-refractivity contribution >= 4 is 19.9 Å². The minimum Gasteiger partial charge on any atom is -0.264 e. The summed E-state index contributed by atoms with van der Waals surface area (Å²) < 4.78 is 44.9. The van der Waals surface area contributed by atoms with Crippen molar-refractivity contribution in [2.24, 2.45) is 5.14 Å². The molecule has 6 nitrogen and oxygen atoms in total. The standard InChI is InChI=1S/C8H12N2O4S2/c1-7-6-10-3-2-8(7)15(11,12)4-5-16(9,13)14/h2-3,6H,4-5H2,1H3,(H2,9,13,14). The van der Waals surface area contributed by atoms with Gasteiger partial charge in [0.25, 0.3) is 0 Å². The van der Waals surface area contributed by atoms with Gasteiger partial charge in [0.2, 0.25) is 10.0 Å². The summed E-state index contributed by atoms with van der Waals surface area (Å²) in [7, 11) is -7.40. The number of aromatic nitrogens is 1. The van der Waals surface area contributed by atoms with Gasteiger partial charge in [-0.3, -0.25) is 4.98 Å². The lowest BCUT2D eigenvalue weighted by atomic mass is 10.3. The van der Waals surface area contributed by atoms with Crippen LogP contribution >= 0.6 is 0 Å². The summed E-state index contributed by atoms with van der Waals surface area (Å²) >= 11 is 0. The lowest BCUT2D eigenvalue weighted by molar-refractivity contribution is 0.588. The van der Waals surface area contributed by atoms with E-state index in [9.17, 15) is 16.8 Å². The molecule has 0 atom stereocenters. The number of hydrogen-bond acceptors (Lipinski definition) is 5. The smallest absolute Gasteiger partial charge is 0.210 e. The average molecular weight is 264 g/mol. The molecule has 0 aromatic carbocycles. The molecule has 0 saturated carbocycles. The summed E-state index contributed by atoms with van der Waals surface area (Å²) in [6, 6.07) is 1.34.